The second-order valence-electron chi connectivity index (χ2n) is 6.26. The van der Waals surface area contributed by atoms with Crippen LogP contribution in [0.15, 0.2) is 54.6 Å². The highest BCUT2D eigenvalue weighted by Crippen LogP contribution is 2.22. The normalized spacial score (nSPS) is 19.0. The van der Waals surface area contributed by atoms with Gasteiger partial charge in [-0.25, -0.2) is 0 Å². The van der Waals surface area contributed by atoms with Crippen molar-refractivity contribution in [3.05, 3.63) is 71.3 Å². The van der Waals surface area contributed by atoms with Gasteiger partial charge in [-0.2, -0.15) is 0 Å². The molecule has 0 radical (unpaired) electrons. The number of aryl methyl sites for hydroxylation is 1. The van der Waals surface area contributed by atoms with E-state index in [-0.39, 0.29) is 0 Å². The molecule has 21 heavy (non-hydrogen) atoms. The summed E-state index contributed by atoms with van der Waals surface area (Å²) in [5.41, 5.74) is 4.54. The van der Waals surface area contributed by atoms with Crippen LogP contribution in [-0.4, -0.2) is 12.6 Å². The molecule has 110 valence electrons. The van der Waals surface area contributed by atoms with E-state index in [9.17, 15) is 0 Å². The Bertz CT molecular complexity index is 561. The summed E-state index contributed by atoms with van der Waals surface area (Å²) in [6, 6.07) is 20.4. The van der Waals surface area contributed by atoms with Gasteiger partial charge in [0.1, 0.15) is 0 Å². The van der Waals surface area contributed by atoms with Crippen LogP contribution in [0.2, 0.25) is 0 Å². The van der Waals surface area contributed by atoms with Crippen LogP contribution in [0.3, 0.4) is 0 Å². The van der Waals surface area contributed by atoms with E-state index < -0.39 is 0 Å². The number of fused-ring (bicyclic) bond motifs is 1. The SMILES string of the molecule is CC(CCNC1CCc2ccccc2C1)c1ccccc1. The van der Waals surface area contributed by atoms with Gasteiger partial charge in [0.2, 0.25) is 0 Å². The molecule has 0 aliphatic heterocycles. The zero-order chi connectivity index (χ0) is 14.5. The zero-order valence-electron chi connectivity index (χ0n) is 12.9. The van der Waals surface area contributed by atoms with E-state index in [4.69, 9.17) is 0 Å². The molecule has 0 bridgehead atoms. The standard InChI is InChI=1S/C20H25N/c1-16(17-7-3-2-4-8-17)13-14-21-20-12-11-18-9-5-6-10-19(18)15-20/h2-10,16,20-21H,11-15H2,1H3. The number of rotatable bonds is 5. The first-order valence-corrected chi connectivity index (χ1v) is 8.18. The van der Waals surface area contributed by atoms with E-state index in [1.54, 1.807) is 5.56 Å². The van der Waals surface area contributed by atoms with Crippen molar-refractivity contribution < 1.29 is 0 Å². The fourth-order valence-electron chi connectivity index (χ4n) is 3.32. The van der Waals surface area contributed by atoms with Gasteiger partial charge < -0.3 is 5.32 Å². The molecule has 0 amide bonds. The minimum absolute atomic E-state index is 0.634. The van der Waals surface area contributed by atoms with E-state index >= 15 is 0 Å². The molecule has 0 spiro atoms. The molecule has 0 saturated carbocycles. The summed E-state index contributed by atoms with van der Waals surface area (Å²) < 4.78 is 0. The van der Waals surface area contributed by atoms with Crippen molar-refractivity contribution in [1.82, 2.24) is 5.32 Å². The summed E-state index contributed by atoms with van der Waals surface area (Å²) in [6.07, 6.45) is 4.90. The average molecular weight is 279 g/mol. The Morgan fingerprint density at radius 1 is 1.00 bits per heavy atom. The molecule has 1 nitrogen and oxygen atoms in total. The molecule has 0 heterocycles. The highest BCUT2D eigenvalue weighted by molar-refractivity contribution is 5.30. The number of hydrogen-bond acceptors (Lipinski definition) is 1. The van der Waals surface area contributed by atoms with Crippen LogP contribution in [0.1, 0.15) is 42.4 Å². The molecule has 3 rings (SSSR count). The molecule has 1 aliphatic carbocycles. The average Bonchev–Trinajstić information content (AvgIpc) is 2.55. The summed E-state index contributed by atoms with van der Waals surface area (Å²) in [5.74, 6) is 0.634. The molecule has 2 aromatic carbocycles. The Morgan fingerprint density at radius 3 is 2.52 bits per heavy atom. The maximum absolute atomic E-state index is 3.76. The second kappa shape index (κ2) is 6.91. The summed E-state index contributed by atoms with van der Waals surface area (Å²) in [5, 5.41) is 3.76. The van der Waals surface area contributed by atoms with Gasteiger partial charge in [0.15, 0.2) is 0 Å². The highest BCUT2D eigenvalue weighted by atomic mass is 14.9. The molecule has 1 heteroatoms. The molecular formula is C20H25N. The van der Waals surface area contributed by atoms with Crippen molar-refractivity contribution in [2.24, 2.45) is 0 Å². The van der Waals surface area contributed by atoms with E-state index in [0.29, 0.717) is 12.0 Å². The molecule has 0 aromatic heterocycles. The fourth-order valence-corrected chi connectivity index (χ4v) is 3.32. The first-order valence-electron chi connectivity index (χ1n) is 8.18. The van der Waals surface area contributed by atoms with Crippen molar-refractivity contribution >= 4 is 0 Å². The summed E-state index contributed by atoms with van der Waals surface area (Å²) in [7, 11) is 0. The predicted octanol–water partition coefficient (Wildman–Crippen LogP) is 4.33. The third-order valence-corrected chi connectivity index (χ3v) is 4.73. The van der Waals surface area contributed by atoms with E-state index in [1.807, 2.05) is 0 Å². The van der Waals surface area contributed by atoms with Gasteiger partial charge in [-0.15, -0.1) is 0 Å². The van der Waals surface area contributed by atoms with Gasteiger partial charge in [0, 0.05) is 6.04 Å². The van der Waals surface area contributed by atoms with Crippen molar-refractivity contribution in [3.8, 4) is 0 Å². The van der Waals surface area contributed by atoms with Gasteiger partial charge in [-0.1, -0.05) is 61.5 Å². The van der Waals surface area contributed by atoms with E-state index in [1.165, 1.54) is 36.8 Å². The van der Waals surface area contributed by atoms with E-state index in [0.717, 1.165) is 6.54 Å². The fraction of sp³-hybridized carbons (Fsp3) is 0.400. The molecule has 0 fully saturated rings. The van der Waals surface area contributed by atoms with Crippen LogP contribution in [0.25, 0.3) is 0 Å². The minimum atomic E-state index is 0.634. The molecular weight excluding hydrogens is 254 g/mol. The van der Waals surface area contributed by atoms with Gasteiger partial charge in [-0.3, -0.25) is 0 Å². The summed E-state index contributed by atoms with van der Waals surface area (Å²) in [4.78, 5) is 0. The van der Waals surface area contributed by atoms with Crippen LogP contribution in [-0.2, 0) is 12.8 Å². The molecule has 2 atom stereocenters. The largest absolute Gasteiger partial charge is 0.314 e. The Morgan fingerprint density at radius 2 is 1.71 bits per heavy atom. The Balaban J connectivity index is 1.47. The third kappa shape index (κ3) is 3.74. The molecule has 1 aliphatic rings. The first-order chi connectivity index (χ1) is 10.3. The zero-order valence-corrected chi connectivity index (χ0v) is 12.9. The van der Waals surface area contributed by atoms with Crippen LogP contribution in [0.4, 0.5) is 0 Å². The Hall–Kier alpha value is -1.60. The first kappa shape index (κ1) is 14.3. The lowest BCUT2D eigenvalue weighted by Gasteiger charge is -2.26. The minimum Gasteiger partial charge on any atom is -0.314 e. The number of nitrogens with one attached hydrogen (secondary N) is 1. The Labute approximate surface area is 128 Å². The van der Waals surface area contributed by atoms with E-state index in [2.05, 4.69) is 66.8 Å². The van der Waals surface area contributed by atoms with Crippen molar-refractivity contribution in [2.45, 2.75) is 44.6 Å². The lowest BCUT2D eigenvalue weighted by atomic mass is 9.88. The topological polar surface area (TPSA) is 12.0 Å². The molecule has 0 saturated heterocycles. The predicted molar refractivity (Wildman–Crippen MR) is 89.7 cm³/mol. The molecule has 2 unspecified atom stereocenters. The molecule has 2 aromatic rings. The quantitative estimate of drug-likeness (QED) is 0.859. The van der Waals surface area contributed by atoms with Crippen molar-refractivity contribution in [1.29, 1.82) is 0 Å². The smallest absolute Gasteiger partial charge is 0.0111 e. The molecule has 1 N–H and O–H groups in total. The van der Waals surface area contributed by atoms with Crippen molar-refractivity contribution in [3.63, 3.8) is 0 Å². The second-order valence-corrected chi connectivity index (χ2v) is 6.26. The summed E-state index contributed by atoms with van der Waals surface area (Å²) >= 11 is 0. The number of hydrogen-bond donors (Lipinski definition) is 1. The van der Waals surface area contributed by atoms with Crippen molar-refractivity contribution in [2.75, 3.05) is 6.54 Å². The van der Waals surface area contributed by atoms with Gasteiger partial charge >= 0.3 is 0 Å². The number of benzene rings is 2. The maximum atomic E-state index is 3.76. The van der Waals surface area contributed by atoms with Gasteiger partial charge in [0.25, 0.3) is 0 Å². The third-order valence-electron chi connectivity index (χ3n) is 4.73. The van der Waals surface area contributed by atoms with Crippen LogP contribution in [0, 0.1) is 0 Å². The Kier molecular flexibility index (Phi) is 4.72. The van der Waals surface area contributed by atoms with Gasteiger partial charge in [0.05, 0.1) is 0 Å². The van der Waals surface area contributed by atoms with Crippen LogP contribution < -0.4 is 5.32 Å². The lowest BCUT2D eigenvalue weighted by molar-refractivity contribution is 0.445. The maximum Gasteiger partial charge on any atom is 0.0111 e. The monoisotopic (exact) mass is 279 g/mol. The highest BCUT2D eigenvalue weighted by Gasteiger charge is 2.17. The van der Waals surface area contributed by atoms with Gasteiger partial charge in [-0.05, 0) is 54.8 Å². The summed E-state index contributed by atoms with van der Waals surface area (Å²) in [6.45, 7) is 3.44. The van der Waals surface area contributed by atoms with Crippen LogP contribution in [0.5, 0.6) is 0 Å². The van der Waals surface area contributed by atoms with Crippen LogP contribution >= 0.6 is 0 Å². The lowest BCUT2D eigenvalue weighted by Crippen LogP contribution is -2.35.